The van der Waals surface area contributed by atoms with E-state index in [2.05, 4.69) is 36.5 Å². The molecule has 2 aromatic carbocycles. The summed E-state index contributed by atoms with van der Waals surface area (Å²) in [5.41, 5.74) is 2.23. The van der Waals surface area contributed by atoms with Crippen LogP contribution in [0.5, 0.6) is 5.75 Å². The van der Waals surface area contributed by atoms with Crippen LogP contribution in [0.3, 0.4) is 0 Å². The third kappa shape index (κ3) is 3.06. The van der Waals surface area contributed by atoms with Gasteiger partial charge in [-0.1, -0.05) is 30.3 Å². The van der Waals surface area contributed by atoms with E-state index in [9.17, 15) is 0 Å². The van der Waals surface area contributed by atoms with E-state index < -0.39 is 0 Å². The van der Waals surface area contributed by atoms with Gasteiger partial charge in [-0.3, -0.25) is 0 Å². The third-order valence-corrected chi connectivity index (χ3v) is 4.69. The van der Waals surface area contributed by atoms with Crippen LogP contribution in [0.1, 0.15) is 23.5 Å². The fraction of sp³-hybridized carbons (Fsp3) is 0.235. The Balaban J connectivity index is 1.72. The van der Waals surface area contributed by atoms with Crippen molar-refractivity contribution in [3.05, 3.63) is 59.1 Å². The van der Waals surface area contributed by atoms with Gasteiger partial charge in [0.05, 0.1) is 23.4 Å². The van der Waals surface area contributed by atoms with Crippen LogP contribution in [0.25, 0.3) is 10.2 Å². The molecule has 1 atom stereocenters. The van der Waals surface area contributed by atoms with E-state index in [-0.39, 0.29) is 6.04 Å². The standard InChI is InChI=1S/C17H18N2OS/c1-12(17-19-14-8-4-6-10-16(14)21-17)18-11-13-7-3-5-9-15(13)20-2/h3-10,12,18H,11H2,1-2H3. The topological polar surface area (TPSA) is 34.1 Å². The first kappa shape index (κ1) is 14.0. The molecule has 21 heavy (non-hydrogen) atoms. The van der Waals surface area contributed by atoms with E-state index in [0.717, 1.165) is 28.4 Å². The fourth-order valence-corrected chi connectivity index (χ4v) is 3.27. The number of nitrogens with zero attached hydrogens (tertiary/aromatic N) is 1. The Hall–Kier alpha value is -1.91. The lowest BCUT2D eigenvalue weighted by Crippen LogP contribution is -2.18. The molecule has 0 saturated carbocycles. The monoisotopic (exact) mass is 298 g/mol. The molecule has 0 aliphatic carbocycles. The van der Waals surface area contributed by atoms with Crippen LogP contribution in [0.2, 0.25) is 0 Å². The molecule has 1 aromatic heterocycles. The van der Waals surface area contributed by atoms with Gasteiger partial charge >= 0.3 is 0 Å². The second-order valence-electron chi connectivity index (χ2n) is 4.93. The molecule has 0 fully saturated rings. The summed E-state index contributed by atoms with van der Waals surface area (Å²) >= 11 is 1.75. The first-order valence-corrected chi connectivity index (χ1v) is 7.80. The number of ether oxygens (including phenoxy) is 1. The van der Waals surface area contributed by atoms with Crippen molar-refractivity contribution >= 4 is 21.6 Å². The van der Waals surface area contributed by atoms with Crippen molar-refractivity contribution < 1.29 is 4.74 Å². The highest BCUT2D eigenvalue weighted by atomic mass is 32.1. The van der Waals surface area contributed by atoms with Gasteiger partial charge in [0.25, 0.3) is 0 Å². The molecule has 1 heterocycles. The fourth-order valence-electron chi connectivity index (χ4n) is 2.27. The number of hydrogen-bond donors (Lipinski definition) is 1. The van der Waals surface area contributed by atoms with Crippen LogP contribution in [0, 0.1) is 0 Å². The second-order valence-corrected chi connectivity index (χ2v) is 6.00. The Kier molecular flexibility index (Phi) is 4.18. The minimum atomic E-state index is 0.215. The number of fused-ring (bicyclic) bond motifs is 1. The van der Waals surface area contributed by atoms with Gasteiger partial charge in [0, 0.05) is 12.1 Å². The highest BCUT2D eigenvalue weighted by Gasteiger charge is 2.11. The molecule has 0 bridgehead atoms. The molecule has 0 amide bonds. The van der Waals surface area contributed by atoms with Crippen LogP contribution in [0.15, 0.2) is 48.5 Å². The maximum absolute atomic E-state index is 5.38. The molecule has 4 heteroatoms. The smallest absolute Gasteiger partial charge is 0.123 e. The summed E-state index contributed by atoms with van der Waals surface area (Å²) in [5.74, 6) is 0.918. The van der Waals surface area contributed by atoms with Crippen molar-refractivity contribution in [1.82, 2.24) is 10.3 Å². The molecule has 108 valence electrons. The summed E-state index contributed by atoms with van der Waals surface area (Å²) in [6.45, 7) is 2.91. The molecule has 3 aromatic rings. The second kappa shape index (κ2) is 6.24. The van der Waals surface area contributed by atoms with Crippen molar-refractivity contribution in [2.24, 2.45) is 0 Å². The van der Waals surface area contributed by atoms with Crippen molar-refractivity contribution in [3.63, 3.8) is 0 Å². The third-order valence-electron chi connectivity index (χ3n) is 3.47. The zero-order chi connectivity index (χ0) is 14.7. The van der Waals surface area contributed by atoms with E-state index in [4.69, 9.17) is 9.72 Å². The molecule has 1 N–H and O–H groups in total. The minimum Gasteiger partial charge on any atom is -0.496 e. The average molecular weight is 298 g/mol. The van der Waals surface area contributed by atoms with Gasteiger partial charge in [0.2, 0.25) is 0 Å². The Morgan fingerprint density at radius 2 is 1.90 bits per heavy atom. The van der Waals surface area contributed by atoms with Crippen molar-refractivity contribution in [2.45, 2.75) is 19.5 Å². The molecular weight excluding hydrogens is 280 g/mol. The summed E-state index contributed by atoms with van der Waals surface area (Å²) < 4.78 is 6.61. The maximum atomic E-state index is 5.38. The van der Waals surface area contributed by atoms with Crippen LogP contribution >= 0.6 is 11.3 Å². The maximum Gasteiger partial charge on any atom is 0.123 e. The number of aromatic nitrogens is 1. The van der Waals surface area contributed by atoms with Crippen molar-refractivity contribution in [2.75, 3.05) is 7.11 Å². The lowest BCUT2D eigenvalue weighted by atomic mass is 10.2. The van der Waals surface area contributed by atoms with Crippen LogP contribution in [-0.2, 0) is 6.54 Å². The predicted octanol–water partition coefficient (Wildman–Crippen LogP) is 4.16. The van der Waals surface area contributed by atoms with Crippen molar-refractivity contribution in [3.8, 4) is 5.75 Å². The summed E-state index contributed by atoms with van der Waals surface area (Å²) in [5, 5.41) is 4.64. The molecule has 1 unspecified atom stereocenters. The highest BCUT2D eigenvalue weighted by Crippen LogP contribution is 2.26. The van der Waals surface area contributed by atoms with Gasteiger partial charge < -0.3 is 10.1 Å². The first-order chi connectivity index (χ1) is 10.3. The summed E-state index contributed by atoms with van der Waals surface area (Å²) in [4.78, 5) is 4.69. The first-order valence-electron chi connectivity index (χ1n) is 6.98. The van der Waals surface area contributed by atoms with E-state index in [0.29, 0.717) is 0 Å². The molecule has 0 aliphatic heterocycles. The zero-order valence-corrected chi connectivity index (χ0v) is 13.0. The molecule has 0 spiro atoms. The largest absolute Gasteiger partial charge is 0.496 e. The zero-order valence-electron chi connectivity index (χ0n) is 12.2. The molecule has 0 saturated heterocycles. The van der Waals surface area contributed by atoms with E-state index in [1.54, 1.807) is 18.4 Å². The quantitative estimate of drug-likeness (QED) is 0.768. The SMILES string of the molecule is COc1ccccc1CNC(C)c1nc2ccccc2s1. The van der Waals surface area contributed by atoms with Gasteiger partial charge in [0.1, 0.15) is 10.8 Å². The number of thiazole rings is 1. The number of para-hydroxylation sites is 2. The lowest BCUT2D eigenvalue weighted by Gasteiger charge is -2.13. The molecule has 0 radical (unpaired) electrons. The summed E-state index contributed by atoms with van der Waals surface area (Å²) in [7, 11) is 1.70. The van der Waals surface area contributed by atoms with Gasteiger partial charge in [-0.15, -0.1) is 11.3 Å². The van der Waals surface area contributed by atoms with E-state index >= 15 is 0 Å². The Bertz CT molecular complexity index is 705. The Morgan fingerprint density at radius 1 is 1.14 bits per heavy atom. The van der Waals surface area contributed by atoms with Gasteiger partial charge in [-0.25, -0.2) is 4.98 Å². The number of nitrogens with one attached hydrogen (secondary N) is 1. The highest BCUT2D eigenvalue weighted by molar-refractivity contribution is 7.18. The number of rotatable bonds is 5. The molecule has 3 rings (SSSR count). The average Bonchev–Trinajstić information content (AvgIpc) is 2.97. The predicted molar refractivity (Wildman–Crippen MR) is 87.9 cm³/mol. The molecular formula is C17H18N2OS. The van der Waals surface area contributed by atoms with Crippen molar-refractivity contribution in [1.29, 1.82) is 0 Å². The minimum absolute atomic E-state index is 0.215. The lowest BCUT2D eigenvalue weighted by molar-refractivity contribution is 0.406. The van der Waals surface area contributed by atoms with E-state index in [1.165, 1.54) is 4.70 Å². The van der Waals surface area contributed by atoms with Gasteiger partial charge in [0.15, 0.2) is 0 Å². The Labute approximate surface area is 128 Å². The number of methoxy groups -OCH3 is 1. The summed E-state index contributed by atoms with van der Waals surface area (Å²) in [6, 6.07) is 16.5. The number of benzene rings is 2. The van der Waals surface area contributed by atoms with Gasteiger partial charge in [-0.05, 0) is 25.1 Å². The van der Waals surface area contributed by atoms with Crippen LogP contribution in [0.4, 0.5) is 0 Å². The van der Waals surface area contributed by atoms with Crippen LogP contribution < -0.4 is 10.1 Å². The van der Waals surface area contributed by atoms with Gasteiger partial charge in [-0.2, -0.15) is 0 Å². The Morgan fingerprint density at radius 3 is 2.71 bits per heavy atom. The molecule has 0 aliphatic rings. The van der Waals surface area contributed by atoms with Crippen LogP contribution in [-0.4, -0.2) is 12.1 Å². The number of hydrogen-bond acceptors (Lipinski definition) is 4. The molecule has 3 nitrogen and oxygen atoms in total. The summed E-state index contributed by atoms with van der Waals surface area (Å²) in [6.07, 6.45) is 0. The van der Waals surface area contributed by atoms with E-state index in [1.807, 2.05) is 24.3 Å². The normalized spacial score (nSPS) is 12.5.